The molecular weight excluding hydrogens is 446 g/mol. The van der Waals surface area contributed by atoms with Gasteiger partial charge in [-0.3, -0.25) is 4.98 Å². The Bertz CT molecular complexity index is 1540. The van der Waals surface area contributed by atoms with Crippen LogP contribution in [0, 0.1) is 0 Å². The van der Waals surface area contributed by atoms with Gasteiger partial charge in [0.1, 0.15) is 0 Å². The summed E-state index contributed by atoms with van der Waals surface area (Å²) in [7, 11) is -3.36. The van der Waals surface area contributed by atoms with Gasteiger partial charge in [-0.05, 0) is 78.1 Å². The van der Waals surface area contributed by atoms with Gasteiger partial charge in [0.05, 0.1) is 10.3 Å². The first-order valence-corrected chi connectivity index (χ1v) is 12.7. The van der Waals surface area contributed by atoms with Gasteiger partial charge in [-0.2, -0.15) is 0 Å². The molecule has 0 saturated carbocycles. The number of hydrogen-bond donors (Lipinski definition) is 1. The van der Waals surface area contributed by atoms with Crippen LogP contribution in [-0.2, 0) is 19.4 Å². The third kappa shape index (κ3) is 4.63. The van der Waals surface area contributed by atoms with Crippen LogP contribution in [-0.4, -0.2) is 30.7 Å². The normalized spacial score (nSPS) is 12.3. The molecule has 0 aliphatic heterocycles. The van der Waals surface area contributed by atoms with Gasteiger partial charge in [0.2, 0.25) is 0 Å². The van der Waals surface area contributed by atoms with Crippen molar-refractivity contribution in [1.82, 2.24) is 4.98 Å². The molecule has 5 nitrogen and oxygen atoms in total. The maximum Gasteiger partial charge on any atom is 0.328 e. The van der Waals surface area contributed by atoms with Crippen LogP contribution in [0.2, 0.25) is 0 Å². The summed E-state index contributed by atoms with van der Waals surface area (Å²) in [6, 6.07) is 23.2. The van der Waals surface area contributed by atoms with E-state index in [4.69, 9.17) is 5.11 Å². The first kappa shape index (κ1) is 23.4. The molecule has 1 N–H and O–H groups in total. The highest BCUT2D eigenvalue weighted by molar-refractivity contribution is 7.91. The van der Waals surface area contributed by atoms with Gasteiger partial charge < -0.3 is 5.11 Å². The van der Waals surface area contributed by atoms with Crippen molar-refractivity contribution in [3.05, 3.63) is 96.2 Å². The van der Waals surface area contributed by atoms with E-state index in [-0.39, 0.29) is 0 Å². The number of carboxylic acids is 1. The van der Waals surface area contributed by atoms with Crippen molar-refractivity contribution in [1.29, 1.82) is 0 Å². The summed E-state index contributed by atoms with van der Waals surface area (Å²) in [6.07, 6.45) is 5.66. The van der Waals surface area contributed by atoms with Crippen molar-refractivity contribution < 1.29 is 18.3 Å². The summed E-state index contributed by atoms with van der Waals surface area (Å²) in [5.41, 5.74) is 5.96. The van der Waals surface area contributed by atoms with E-state index in [1.165, 1.54) is 6.26 Å². The second-order valence-electron chi connectivity index (χ2n) is 8.76. The van der Waals surface area contributed by atoms with Crippen LogP contribution < -0.4 is 0 Å². The molecule has 0 radical (unpaired) electrons. The van der Waals surface area contributed by atoms with E-state index in [9.17, 15) is 13.2 Å². The summed E-state index contributed by atoms with van der Waals surface area (Å²) >= 11 is 0. The molecule has 4 aromatic rings. The van der Waals surface area contributed by atoms with E-state index in [1.807, 2.05) is 72.8 Å². The zero-order valence-electron chi connectivity index (χ0n) is 19.2. The zero-order chi connectivity index (χ0) is 24.5. The smallest absolute Gasteiger partial charge is 0.328 e. The molecule has 1 heterocycles. The quantitative estimate of drug-likeness (QED) is 0.352. The minimum atomic E-state index is -3.36. The molecule has 172 valence electrons. The van der Waals surface area contributed by atoms with E-state index in [0.717, 1.165) is 44.8 Å². The summed E-state index contributed by atoms with van der Waals surface area (Å²) in [5.74, 6) is -0.997. The molecule has 0 aliphatic carbocycles. The van der Waals surface area contributed by atoms with Crippen molar-refractivity contribution in [3.8, 4) is 22.3 Å². The number of carbonyl (C=O) groups is 1. The molecule has 0 aliphatic rings. The van der Waals surface area contributed by atoms with Gasteiger partial charge in [-0.15, -0.1) is 0 Å². The third-order valence-corrected chi connectivity index (χ3v) is 8.23. The number of sulfone groups is 1. The van der Waals surface area contributed by atoms with E-state index in [2.05, 4.69) is 4.98 Å². The van der Waals surface area contributed by atoms with Crippen LogP contribution in [0.25, 0.3) is 39.2 Å². The molecule has 0 spiro atoms. The van der Waals surface area contributed by atoms with Gasteiger partial charge in [-0.25, -0.2) is 13.2 Å². The molecule has 0 bridgehead atoms. The Morgan fingerprint density at radius 1 is 0.912 bits per heavy atom. The number of hydrogen-bond acceptors (Lipinski definition) is 4. The molecule has 6 heteroatoms. The number of benzene rings is 3. The van der Waals surface area contributed by atoms with Crippen molar-refractivity contribution in [2.45, 2.75) is 18.6 Å². The van der Waals surface area contributed by atoms with Gasteiger partial charge in [-0.1, -0.05) is 42.5 Å². The van der Waals surface area contributed by atoms with Crippen LogP contribution in [0.1, 0.15) is 25.0 Å². The molecule has 3 aromatic carbocycles. The van der Waals surface area contributed by atoms with Crippen LogP contribution in [0.4, 0.5) is 0 Å². The average molecular weight is 472 g/mol. The predicted molar refractivity (Wildman–Crippen MR) is 137 cm³/mol. The van der Waals surface area contributed by atoms with Crippen LogP contribution in [0.15, 0.2) is 85.1 Å². The summed E-state index contributed by atoms with van der Waals surface area (Å²) in [5, 5.41) is 9.78. The number of carboxylic acid groups (broad SMARTS) is 1. The van der Waals surface area contributed by atoms with Gasteiger partial charge in [0, 0.05) is 29.5 Å². The predicted octanol–water partition coefficient (Wildman–Crippen LogP) is 5.95. The van der Waals surface area contributed by atoms with Gasteiger partial charge in [0.15, 0.2) is 9.84 Å². The molecule has 0 atom stereocenters. The monoisotopic (exact) mass is 471 g/mol. The van der Waals surface area contributed by atoms with Crippen LogP contribution in [0.5, 0.6) is 0 Å². The summed E-state index contributed by atoms with van der Waals surface area (Å²) < 4.78 is 24.0. The Morgan fingerprint density at radius 3 is 2.29 bits per heavy atom. The van der Waals surface area contributed by atoms with E-state index in [1.54, 1.807) is 26.1 Å². The first-order chi connectivity index (χ1) is 16.1. The van der Waals surface area contributed by atoms with Crippen molar-refractivity contribution in [2.75, 3.05) is 6.26 Å². The van der Waals surface area contributed by atoms with Crippen LogP contribution in [0.3, 0.4) is 0 Å². The molecular formula is C28H25NO4S. The lowest BCUT2D eigenvalue weighted by Crippen LogP contribution is -2.28. The minimum Gasteiger partial charge on any atom is -0.478 e. The molecule has 0 saturated heterocycles. The minimum absolute atomic E-state index is 0.705. The number of aromatic nitrogens is 1. The van der Waals surface area contributed by atoms with Gasteiger partial charge in [0.25, 0.3) is 0 Å². The molecule has 0 fully saturated rings. The van der Waals surface area contributed by atoms with E-state index in [0.29, 0.717) is 5.56 Å². The second kappa shape index (κ2) is 8.88. The summed E-state index contributed by atoms with van der Waals surface area (Å²) in [6.45, 7) is 3.44. The van der Waals surface area contributed by atoms with Crippen molar-refractivity contribution >= 4 is 32.8 Å². The van der Waals surface area contributed by atoms with Crippen LogP contribution >= 0.6 is 0 Å². The zero-order valence-corrected chi connectivity index (χ0v) is 20.0. The van der Waals surface area contributed by atoms with E-state index < -0.39 is 20.6 Å². The first-order valence-electron chi connectivity index (χ1n) is 10.8. The molecule has 0 amide bonds. The average Bonchev–Trinajstić information content (AvgIpc) is 2.81. The molecule has 4 rings (SSSR count). The fourth-order valence-electron chi connectivity index (χ4n) is 3.83. The Labute approximate surface area is 199 Å². The number of fused-ring (bicyclic) bond motifs is 1. The van der Waals surface area contributed by atoms with Gasteiger partial charge >= 0.3 is 5.97 Å². The number of aliphatic carboxylic acids is 1. The standard InChI is InChI=1S/C28H25NO4S/c1-28(2,34(3,32)33)24-17-23-11-6-14-29-27(23)25(18-24)22-10-5-9-21(16-22)20-8-4-7-19(15-20)12-13-26(30)31/h4-18H,1-3H3,(H,30,31)/b13-12+. The molecule has 1 aromatic heterocycles. The highest BCUT2D eigenvalue weighted by Gasteiger charge is 2.33. The molecule has 34 heavy (non-hydrogen) atoms. The lowest BCUT2D eigenvalue weighted by Gasteiger charge is -2.24. The largest absolute Gasteiger partial charge is 0.478 e. The Hall–Kier alpha value is -3.77. The third-order valence-electron chi connectivity index (χ3n) is 6.14. The fourth-order valence-corrected chi connectivity index (χ4v) is 4.38. The second-order valence-corrected chi connectivity index (χ2v) is 11.3. The highest BCUT2D eigenvalue weighted by atomic mass is 32.2. The molecule has 0 unspecified atom stereocenters. The summed E-state index contributed by atoms with van der Waals surface area (Å²) in [4.78, 5) is 15.5. The maximum absolute atomic E-state index is 12.5. The SMILES string of the molecule is CC(C)(c1cc(-c2cccc(-c3cccc(/C=C/C(=O)O)c3)c2)c2ncccc2c1)S(C)(=O)=O. The lowest BCUT2D eigenvalue weighted by atomic mass is 9.92. The van der Waals surface area contributed by atoms with Crippen molar-refractivity contribution in [2.24, 2.45) is 0 Å². The number of nitrogens with zero attached hydrogens (tertiary/aromatic N) is 1. The Kier molecular flexibility index (Phi) is 6.11. The lowest BCUT2D eigenvalue weighted by molar-refractivity contribution is -0.131. The highest BCUT2D eigenvalue weighted by Crippen LogP contribution is 2.37. The maximum atomic E-state index is 12.5. The Morgan fingerprint density at radius 2 is 1.59 bits per heavy atom. The fraction of sp³-hybridized carbons (Fsp3) is 0.143. The topological polar surface area (TPSA) is 84.3 Å². The van der Waals surface area contributed by atoms with E-state index >= 15 is 0 Å². The Balaban J connectivity index is 1.88. The number of pyridine rings is 1. The van der Waals surface area contributed by atoms with Crippen molar-refractivity contribution in [3.63, 3.8) is 0 Å². The number of rotatable bonds is 6.